The molecule has 0 radical (unpaired) electrons. The van der Waals surface area contributed by atoms with Crippen LogP contribution >= 0.6 is 0 Å². The van der Waals surface area contributed by atoms with Crippen molar-refractivity contribution in [3.63, 3.8) is 0 Å². The Kier molecular flexibility index (Phi) is 6.07. The van der Waals surface area contributed by atoms with Crippen molar-refractivity contribution in [3.05, 3.63) is 166 Å². The SMILES string of the molecule is CC(C)(C)c1ccc2c(c1)C1(c3ccccc3-c3ccc(Nc4ccc5c(c4)C(C)(C)c4ccccc4-5)cc31)c1cc(C(C)(C)C)ccc1-2. The normalized spacial score (nSPS) is 15.7. The Labute approximate surface area is 292 Å². The molecule has 3 aliphatic rings. The molecule has 9 rings (SSSR count). The number of benzene rings is 6. The largest absolute Gasteiger partial charge is 0.356 e. The molecule has 1 spiro atoms. The number of hydrogen-bond donors (Lipinski definition) is 1. The summed E-state index contributed by atoms with van der Waals surface area (Å²) in [5.74, 6) is 0. The van der Waals surface area contributed by atoms with Crippen LogP contribution in [-0.2, 0) is 21.7 Å². The molecule has 0 aliphatic heterocycles. The van der Waals surface area contributed by atoms with Crippen LogP contribution in [0.3, 0.4) is 0 Å². The second-order valence-corrected chi connectivity index (χ2v) is 17.1. The maximum atomic E-state index is 3.88. The van der Waals surface area contributed by atoms with E-state index in [1.165, 1.54) is 77.9 Å². The van der Waals surface area contributed by atoms with E-state index >= 15 is 0 Å². The minimum atomic E-state index is -0.404. The molecule has 0 heterocycles. The summed E-state index contributed by atoms with van der Waals surface area (Å²) in [6.07, 6.45) is 0. The highest BCUT2D eigenvalue weighted by Crippen LogP contribution is 2.64. The van der Waals surface area contributed by atoms with Crippen LogP contribution in [0, 0.1) is 0 Å². The first-order valence-corrected chi connectivity index (χ1v) is 17.9. The number of nitrogens with one attached hydrogen (secondary N) is 1. The van der Waals surface area contributed by atoms with E-state index in [1.54, 1.807) is 0 Å². The summed E-state index contributed by atoms with van der Waals surface area (Å²) in [6.45, 7) is 18.7. The van der Waals surface area contributed by atoms with E-state index in [2.05, 4.69) is 182 Å². The molecule has 0 saturated carbocycles. The van der Waals surface area contributed by atoms with Crippen LogP contribution in [0.15, 0.2) is 121 Å². The second kappa shape index (κ2) is 9.85. The number of rotatable bonds is 2. The monoisotopic (exact) mass is 635 g/mol. The quantitative estimate of drug-likeness (QED) is 0.199. The van der Waals surface area contributed by atoms with Crippen LogP contribution in [0.5, 0.6) is 0 Å². The van der Waals surface area contributed by atoms with Crippen molar-refractivity contribution in [3.8, 4) is 33.4 Å². The number of anilines is 2. The van der Waals surface area contributed by atoms with Gasteiger partial charge in [-0.15, -0.1) is 0 Å². The van der Waals surface area contributed by atoms with Crippen molar-refractivity contribution in [2.75, 3.05) is 5.32 Å². The first-order valence-electron chi connectivity index (χ1n) is 17.9. The molecule has 0 amide bonds. The zero-order valence-corrected chi connectivity index (χ0v) is 30.0. The van der Waals surface area contributed by atoms with Crippen LogP contribution in [0.2, 0.25) is 0 Å². The third-order valence-corrected chi connectivity index (χ3v) is 11.8. The fourth-order valence-electron chi connectivity index (χ4n) is 9.14. The standard InChI is InChI=1S/C48H45N/c1-45(2,3)29-17-21-36-37-22-18-30(46(4,5)6)26-43(37)48(42(36)25-29)40-16-12-10-14-34(40)38-24-20-32(28-44(38)48)49-31-19-23-35-33-13-9-11-15-39(33)47(7,8)41(35)27-31/h9-28,49H,1-8H3. The van der Waals surface area contributed by atoms with Gasteiger partial charge in [-0.1, -0.05) is 152 Å². The summed E-state index contributed by atoms with van der Waals surface area (Å²) in [4.78, 5) is 0. The van der Waals surface area contributed by atoms with Crippen molar-refractivity contribution >= 4 is 11.4 Å². The van der Waals surface area contributed by atoms with Gasteiger partial charge in [0.25, 0.3) is 0 Å². The Morgan fingerprint density at radius 1 is 0.388 bits per heavy atom. The van der Waals surface area contributed by atoms with Gasteiger partial charge in [-0.2, -0.15) is 0 Å². The van der Waals surface area contributed by atoms with Crippen LogP contribution in [0.1, 0.15) is 99.9 Å². The van der Waals surface area contributed by atoms with Gasteiger partial charge in [0.15, 0.2) is 0 Å². The van der Waals surface area contributed by atoms with Gasteiger partial charge in [0.05, 0.1) is 5.41 Å². The van der Waals surface area contributed by atoms with Gasteiger partial charge in [0.1, 0.15) is 0 Å². The van der Waals surface area contributed by atoms with E-state index in [9.17, 15) is 0 Å². The molecule has 49 heavy (non-hydrogen) atoms. The van der Waals surface area contributed by atoms with E-state index < -0.39 is 5.41 Å². The van der Waals surface area contributed by atoms with Gasteiger partial charge in [-0.05, 0) is 113 Å². The van der Waals surface area contributed by atoms with E-state index in [0.717, 1.165) is 11.4 Å². The summed E-state index contributed by atoms with van der Waals surface area (Å²) in [5.41, 5.74) is 21.0. The Balaban J connectivity index is 1.26. The van der Waals surface area contributed by atoms with Crippen molar-refractivity contribution < 1.29 is 0 Å². The average Bonchev–Trinajstić information content (AvgIpc) is 3.62. The Bertz CT molecular complexity index is 2290. The zero-order chi connectivity index (χ0) is 34.1. The van der Waals surface area contributed by atoms with Crippen molar-refractivity contribution in [1.82, 2.24) is 0 Å². The van der Waals surface area contributed by atoms with E-state index in [0.29, 0.717) is 0 Å². The fourth-order valence-corrected chi connectivity index (χ4v) is 9.14. The lowest BCUT2D eigenvalue weighted by Gasteiger charge is -2.33. The summed E-state index contributed by atoms with van der Waals surface area (Å²) in [7, 11) is 0. The fraction of sp³-hybridized carbons (Fsp3) is 0.250. The van der Waals surface area contributed by atoms with Crippen LogP contribution in [-0.4, -0.2) is 0 Å². The highest BCUT2D eigenvalue weighted by molar-refractivity contribution is 5.96. The third-order valence-electron chi connectivity index (χ3n) is 11.8. The molecule has 0 aromatic heterocycles. The first-order chi connectivity index (χ1) is 23.3. The Morgan fingerprint density at radius 3 is 1.31 bits per heavy atom. The molecule has 0 unspecified atom stereocenters. The second-order valence-electron chi connectivity index (χ2n) is 17.1. The number of hydrogen-bond acceptors (Lipinski definition) is 1. The Hall–Kier alpha value is -4.88. The van der Waals surface area contributed by atoms with Crippen LogP contribution in [0.25, 0.3) is 33.4 Å². The topological polar surface area (TPSA) is 12.0 Å². The predicted molar refractivity (Wildman–Crippen MR) is 207 cm³/mol. The molecular weight excluding hydrogens is 591 g/mol. The minimum absolute atomic E-state index is 0.0346. The molecule has 0 fully saturated rings. The molecule has 6 aromatic rings. The highest BCUT2D eigenvalue weighted by Gasteiger charge is 2.52. The average molecular weight is 636 g/mol. The van der Waals surface area contributed by atoms with Gasteiger partial charge in [-0.3, -0.25) is 0 Å². The zero-order valence-electron chi connectivity index (χ0n) is 30.0. The number of fused-ring (bicyclic) bond motifs is 13. The molecule has 0 bridgehead atoms. The summed E-state index contributed by atoms with van der Waals surface area (Å²) >= 11 is 0. The molecule has 1 N–H and O–H groups in total. The Morgan fingerprint density at radius 2 is 0.776 bits per heavy atom. The molecule has 242 valence electrons. The highest BCUT2D eigenvalue weighted by atomic mass is 14.9. The molecule has 0 atom stereocenters. The molecule has 0 saturated heterocycles. The van der Waals surface area contributed by atoms with E-state index in [1.807, 2.05) is 0 Å². The smallest absolute Gasteiger partial charge is 0.0726 e. The van der Waals surface area contributed by atoms with Gasteiger partial charge in [0, 0.05) is 16.8 Å². The lowest BCUT2D eigenvalue weighted by Crippen LogP contribution is -2.27. The van der Waals surface area contributed by atoms with Crippen LogP contribution in [0.4, 0.5) is 11.4 Å². The molecule has 1 heteroatoms. The first kappa shape index (κ1) is 30.2. The predicted octanol–water partition coefficient (Wildman–Crippen LogP) is 12.7. The van der Waals surface area contributed by atoms with Gasteiger partial charge >= 0.3 is 0 Å². The van der Waals surface area contributed by atoms with Crippen molar-refractivity contribution in [1.29, 1.82) is 0 Å². The third kappa shape index (κ3) is 4.11. The van der Waals surface area contributed by atoms with Crippen molar-refractivity contribution in [2.24, 2.45) is 0 Å². The maximum absolute atomic E-state index is 3.88. The lowest BCUT2D eigenvalue weighted by atomic mass is 9.68. The summed E-state index contributed by atoms with van der Waals surface area (Å²) in [6, 6.07) is 46.6. The van der Waals surface area contributed by atoms with E-state index in [4.69, 9.17) is 0 Å². The lowest BCUT2D eigenvalue weighted by molar-refractivity contribution is 0.586. The molecular formula is C48H45N. The van der Waals surface area contributed by atoms with Gasteiger partial charge in [0.2, 0.25) is 0 Å². The van der Waals surface area contributed by atoms with Crippen molar-refractivity contribution in [2.45, 2.75) is 77.0 Å². The maximum Gasteiger partial charge on any atom is 0.0726 e. The molecule has 1 nitrogen and oxygen atoms in total. The van der Waals surface area contributed by atoms with Gasteiger partial charge in [-0.25, -0.2) is 0 Å². The van der Waals surface area contributed by atoms with Gasteiger partial charge < -0.3 is 5.32 Å². The van der Waals surface area contributed by atoms with E-state index in [-0.39, 0.29) is 16.2 Å². The minimum Gasteiger partial charge on any atom is -0.356 e. The molecule has 6 aromatic carbocycles. The summed E-state index contributed by atoms with van der Waals surface area (Å²) in [5, 5.41) is 3.88. The molecule has 3 aliphatic carbocycles. The summed E-state index contributed by atoms with van der Waals surface area (Å²) < 4.78 is 0. The van der Waals surface area contributed by atoms with Crippen LogP contribution < -0.4 is 5.32 Å².